The highest BCUT2D eigenvalue weighted by Crippen LogP contribution is 2.12. The zero-order chi connectivity index (χ0) is 17.4. The number of nitrogens with one attached hydrogen (secondary N) is 2. The molecular weight excluding hydrogens is 437 g/mol. The lowest BCUT2D eigenvalue weighted by Gasteiger charge is -2.12. The molecule has 0 atom stereocenters. The van der Waals surface area contributed by atoms with Gasteiger partial charge >= 0.3 is 0 Å². The van der Waals surface area contributed by atoms with Crippen molar-refractivity contribution in [3.63, 3.8) is 0 Å². The van der Waals surface area contributed by atoms with Gasteiger partial charge in [0.1, 0.15) is 12.2 Å². The van der Waals surface area contributed by atoms with Gasteiger partial charge in [-0.15, -0.1) is 34.2 Å². The van der Waals surface area contributed by atoms with Crippen LogP contribution in [-0.2, 0) is 19.5 Å². The molecule has 1 aromatic heterocycles. The first kappa shape index (κ1) is 20.8. The van der Waals surface area contributed by atoms with Gasteiger partial charge in [0.15, 0.2) is 5.96 Å². The van der Waals surface area contributed by atoms with Crippen LogP contribution < -0.4 is 10.6 Å². The van der Waals surface area contributed by atoms with E-state index in [1.165, 1.54) is 6.07 Å². The fraction of sp³-hybridized carbons (Fsp3) is 0.400. The van der Waals surface area contributed by atoms with Crippen LogP contribution in [0.4, 0.5) is 5.69 Å². The molecule has 0 aliphatic carbocycles. The third kappa shape index (κ3) is 6.29. The highest BCUT2D eigenvalue weighted by atomic mass is 127. The molecule has 0 aliphatic heterocycles. The average molecular weight is 459 g/mol. The molecule has 136 valence electrons. The average Bonchev–Trinajstić information content (AvgIpc) is 3.05. The number of aromatic nitrogens is 3. The lowest BCUT2D eigenvalue weighted by molar-refractivity contribution is -0.384. The Hall–Kier alpha value is -2.24. The fourth-order valence-electron chi connectivity index (χ4n) is 2.22. The molecule has 0 amide bonds. The molecule has 0 fully saturated rings. The van der Waals surface area contributed by atoms with E-state index < -0.39 is 4.92 Å². The van der Waals surface area contributed by atoms with Gasteiger partial charge in [-0.05, 0) is 5.56 Å². The number of non-ortho nitro benzene ring substituents is 1. The van der Waals surface area contributed by atoms with E-state index in [1.54, 1.807) is 25.5 Å². The topological polar surface area (TPSA) is 110 Å². The minimum atomic E-state index is -0.402. The number of hydrogen-bond donors (Lipinski definition) is 2. The summed E-state index contributed by atoms with van der Waals surface area (Å²) in [5.41, 5.74) is 0.899. The zero-order valence-corrected chi connectivity index (χ0v) is 16.5. The fourth-order valence-corrected chi connectivity index (χ4v) is 2.22. The standard InChI is InChI=1S/C15H21N7O2.HI/c1-3-14-20-19-11-21(14)8-7-17-15(16-2)18-10-12-5-4-6-13(9-12)22(23)24;/h4-6,9,11H,3,7-8,10H2,1-2H3,(H2,16,17,18);1H. The molecule has 0 saturated heterocycles. The first-order valence-corrected chi connectivity index (χ1v) is 7.68. The summed E-state index contributed by atoms with van der Waals surface area (Å²) in [5, 5.41) is 25.1. The molecule has 9 nitrogen and oxygen atoms in total. The number of halogens is 1. The van der Waals surface area contributed by atoms with Gasteiger partial charge in [-0.2, -0.15) is 0 Å². The number of hydrogen-bond acceptors (Lipinski definition) is 5. The number of benzene rings is 1. The maximum Gasteiger partial charge on any atom is 0.269 e. The molecule has 0 unspecified atom stereocenters. The molecule has 2 rings (SSSR count). The predicted octanol–water partition coefficient (Wildman–Crippen LogP) is 1.73. The Bertz CT molecular complexity index is 717. The quantitative estimate of drug-likeness (QED) is 0.215. The number of aliphatic imine (C=N–C) groups is 1. The summed E-state index contributed by atoms with van der Waals surface area (Å²) in [4.78, 5) is 14.5. The zero-order valence-electron chi connectivity index (χ0n) is 14.2. The third-order valence-corrected chi connectivity index (χ3v) is 3.46. The summed E-state index contributed by atoms with van der Waals surface area (Å²) in [7, 11) is 1.68. The predicted molar refractivity (Wildman–Crippen MR) is 106 cm³/mol. The van der Waals surface area contributed by atoms with Gasteiger partial charge in [0, 0.05) is 45.2 Å². The van der Waals surface area contributed by atoms with E-state index in [-0.39, 0.29) is 29.7 Å². The number of guanidine groups is 1. The molecule has 0 saturated carbocycles. The molecule has 2 aromatic rings. The number of nitro groups is 1. The highest BCUT2D eigenvalue weighted by molar-refractivity contribution is 14.0. The van der Waals surface area contributed by atoms with Gasteiger partial charge in [0.25, 0.3) is 5.69 Å². The van der Waals surface area contributed by atoms with Crippen molar-refractivity contribution in [1.29, 1.82) is 0 Å². The van der Waals surface area contributed by atoms with E-state index in [0.29, 0.717) is 19.0 Å². The van der Waals surface area contributed by atoms with Gasteiger partial charge in [0.2, 0.25) is 0 Å². The Labute approximate surface area is 163 Å². The van der Waals surface area contributed by atoms with Gasteiger partial charge < -0.3 is 15.2 Å². The highest BCUT2D eigenvalue weighted by Gasteiger charge is 2.06. The van der Waals surface area contributed by atoms with E-state index in [2.05, 4.69) is 25.8 Å². The Balaban J connectivity index is 0.00000312. The molecule has 1 aromatic carbocycles. The lowest BCUT2D eigenvalue weighted by Crippen LogP contribution is -2.38. The van der Waals surface area contributed by atoms with E-state index in [0.717, 1.165) is 24.4 Å². The first-order chi connectivity index (χ1) is 11.6. The van der Waals surface area contributed by atoms with Crippen molar-refractivity contribution in [3.05, 3.63) is 52.1 Å². The van der Waals surface area contributed by atoms with E-state index in [9.17, 15) is 10.1 Å². The van der Waals surface area contributed by atoms with Crippen LogP contribution in [0.25, 0.3) is 0 Å². The second-order valence-electron chi connectivity index (χ2n) is 5.07. The van der Waals surface area contributed by atoms with Crippen LogP contribution >= 0.6 is 24.0 Å². The summed E-state index contributed by atoms with van der Waals surface area (Å²) in [6, 6.07) is 6.52. The lowest BCUT2D eigenvalue weighted by atomic mass is 10.2. The molecule has 0 spiro atoms. The Morgan fingerprint density at radius 2 is 2.20 bits per heavy atom. The van der Waals surface area contributed by atoms with Gasteiger partial charge in [0.05, 0.1) is 4.92 Å². The molecule has 0 bridgehead atoms. The number of nitro benzene ring substituents is 1. The monoisotopic (exact) mass is 459 g/mol. The van der Waals surface area contributed by atoms with Crippen molar-refractivity contribution in [2.75, 3.05) is 13.6 Å². The van der Waals surface area contributed by atoms with E-state index in [1.807, 2.05) is 17.6 Å². The van der Waals surface area contributed by atoms with Crippen molar-refractivity contribution >= 4 is 35.6 Å². The largest absolute Gasteiger partial charge is 0.355 e. The van der Waals surface area contributed by atoms with Gasteiger partial charge in [-0.1, -0.05) is 19.1 Å². The van der Waals surface area contributed by atoms with Crippen LogP contribution in [0.15, 0.2) is 35.6 Å². The molecule has 2 N–H and O–H groups in total. The van der Waals surface area contributed by atoms with Crippen molar-refractivity contribution in [3.8, 4) is 0 Å². The van der Waals surface area contributed by atoms with E-state index >= 15 is 0 Å². The number of aryl methyl sites for hydroxylation is 1. The summed E-state index contributed by atoms with van der Waals surface area (Å²) in [6.45, 7) is 3.88. The number of nitrogens with zero attached hydrogens (tertiary/aromatic N) is 5. The summed E-state index contributed by atoms with van der Waals surface area (Å²) in [5.74, 6) is 1.57. The van der Waals surface area contributed by atoms with Gasteiger partial charge in [-0.25, -0.2) is 0 Å². The molecule has 0 radical (unpaired) electrons. The smallest absolute Gasteiger partial charge is 0.269 e. The second kappa shape index (κ2) is 10.6. The van der Waals surface area contributed by atoms with Crippen molar-refractivity contribution in [2.24, 2.45) is 4.99 Å². The summed E-state index contributed by atoms with van der Waals surface area (Å²) >= 11 is 0. The van der Waals surface area contributed by atoms with E-state index in [4.69, 9.17) is 0 Å². The van der Waals surface area contributed by atoms with Crippen LogP contribution in [0, 0.1) is 10.1 Å². The van der Waals surface area contributed by atoms with Crippen molar-refractivity contribution < 1.29 is 4.92 Å². The normalized spacial score (nSPS) is 10.9. The maximum absolute atomic E-state index is 10.8. The SMILES string of the molecule is CCc1nncn1CCNC(=NC)NCc1cccc([N+](=O)[O-])c1.I. The maximum atomic E-state index is 10.8. The third-order valence-electron chi connectivity index (χ3n) is 3.46. The Morgan fingerprint density at radius 3 is 2.88 bits per heavy atom. The first-order valence-electron chi connectivity index (χ1n) is 7.68. The minimum Gasteiger partial charge on any atom is -0.355 e. The summed E-state index contributed by atoms with van der Waals surface area (Å²) < 4.78 is 1.99. The van der Waals surface area contributed by atoms with Crippen LogP contribution in [0.2, 0.25) is 0 Å². The van der Waals surface area contributed by atoms with Crippen molar-refractivity contribution in [1.82, 2.24) is 25.4 Å². The Kier molecular flexibility index (Phi) is 8.81. The molecule has 10 heteroatoms. The van der Waals surface area contributed by atoms with Crippen LogP contribution in [0.1, 0.15) is 18.3 Å². The molecule has 1 heterocycles. The van der Waals surface area contributed by atoms with Crippen LogP contribution in [0.5, 0.6) is 0 Å². The second-order valence-corrected chi connectivity index (χ2v) is 5.07. The van der Waals surface area contributed by atoms with Crippen LogP contribution in [0.3, 0.4) is 0 Å². The molecule has 25 heavy (non-hydrogen) atoms. The number of rotatable bonds is 7. The minimum absolute atomic E-state index is 0. The molecular formula is C15H22IN7O2. The summed E-state index contributed by atoms with van der Waals surface area (Å²) in [6.07, 6.45) is 2.54. The van der Waals surface area contributed by atoms with Crippen molar-refractivity contribution in [2.45, 2.75) is 26.4 Å². The van der Waals surface area contributed by atoms with Crippen LogP contribution in [-0.4, -0.2) is 39.2 Å². The Morgan fingerprint density at radius 1 is 1.40 bits per heavy atom. The van der Waals surface area contributed by atoms with Gasteiger partial charge in [-0.3, -0.25) is 15.1 Å². The molecule has 0 aliphatic rings.